The Morgan fingerprint density at radius 3 is 2.70 bits per heavy atom. The quantitative estimate of drug-likeness (QED) is 0.485. The average Bonchev–Trinajstić information content (AvgIpc) is 3.11. The van der Waals surface area contributed by atoms with Crippen molar-refractivity contribution in [3.63, 3.8) is 0 Å². The Morgan fingerprint density at radius 1 is 1.15 bits per heavy atom. The molecular weight excluding hydrogens is 350 g/mol. The normalized spacial score (nSPS) is 26.9. The number of nitro benzene ring substituents is 1. The van der Waals surface area contributed by atoms with E-state index in [1.807, 2.05) is 30.3 Å². The van der Waals surface area contributed by atoms with Gasteiger partial charge in [-0.3, -0.25) is 14.9 Å². The number of carbonyl (C=O) groups is 1. The number of nitrogens with zero attached hydrogens (tertiary/aromatic N) is 1. The Labute approximate surface area is 155 Å². The molecule has 4 atom stereocenters. The summed E-state index contributed by atoms with van der Waals surface area (Å²) in [5.74, 6) is 0.210. The van der Waals surface area contributed by atoms with Crippen molar-refractivity contribution in [1.29, 1.82) is 0 Å². The van der Waals surface area contributed by atoms with Gasteiger partial charge in [0.1, 0.15) is 5.75 Å². The summed E-state index contributed by atoms with van der Waals surface area (Å²) in [5, 5.41) is 11.1. The summed E-state index contributed by atoms with van der Waals surface area (Å²) in [6.07, 6.45) is -0.268. The van der Waals surface area contributed by atoms with Gasteiger partial charge in [0.2, 0.25) is 0 Å². The van der Waals surface area contributed by atoms with Crippen molar-refractivity contribution in [2.75, 3.05) is 7.11 Å². The number of carbonyl (C=O) groups excluding carboxylic acids is 1. The van der Waals surface area contributed by atoms with Gasteiger partial charge in [-0.05, 0) is 23.3 Å². The molecule has 2 aliphatic rings. The molecule has 2 saturated heterocycles. The predicted octanol–water partition coefficient (Wildman–Crippen LogP) is 2.43. The Kier molecular flexibility index (Phi) is 4.51. The number of non-ortho nitro benzene ring substituents is 1. The van der Waals surface area contributed by atoms with Crippen LogP contribution in [0.4, 0.5) is 5.69 Å². The second-order valence-corrected chi connectivity index (χ2v) is 6.69. The molecule has 140 valence electrons. The first-order valence-electron chi connectivity index (χ1n) is 8.65. The lowest BCUT2D eigenvalue weighted by Gasteiger charge is -2.35. The number of fused-ring (bicyclic) bond motifs is 1. The summed E-state index contributed by atoms with van der Waals surface area (Å²) in [5.41, 5.74) is 7.95. The molecule has 4 unspecified atom stereocenters. The van der Waals surface area contributed by atoms with Crippen molar-refractivity contribution < 1.29 is 19.2 Å². The minimum absolute atomic E-state index is 0.0310. The molecule has 27 heavy (non-hydrogen) atoms. The second kappa shape index (κ2) is 6.98. The number of ether oxygens (including phenoxy) is 2. The summed E-state index contributed by atoms with van der Waals surface area (Å²) < 4.78 is 10.8. The first kappa shape index (κ1) is 17.4. The minimum Gasteiger partial charge on any atom is -0.497 e. The molecule has 0 aliphatic carbocycles. The van der Waals surface area contributed by atoms with Crippen molar-refractivity contribution in [1.82, 2.24) is 10.9 Å². The van der Waals surface area contributed by atoms with Gasteiger partial charge in [0, 0.05) is 24.0 Å². The topological polar surface area (TPSA) is 103 Å². The van der Waals surface area contributed by atoms with Crippen LogP contribution in [0, 0.1) is 16.0 Å². The monoisotopic (exact) mass is 369 g/mol. The zero-order valence-electron chi connectivity index (χ0n) is 14.6. The van der Waals surface area contributed by atoms with Crippen LogP contribution in [-0.4, -0.2) is 24.2 Å². The molecule has 2 aromatic carbocycles. The van der Waals surface area contributed by atoms with Crippen LogP contribution >= 0.6 is 0 Å². The Morgan fingerprint density at radius 2 is 1.93 bits per heavy atom. The third-order valence-corrected chi connectivity index (χ3v) is 5.19. The SMILES string of the molecule is COc1cccc(C2CC(=O)OC3NNC(c4cccc([N+](=O)[O-])c4)C32)c1. The van der Waals surface area contributed by atoms with Gasteiger partial charge in [-0.1, -0.05) is 24.3 Å². The number of nitrogens with one attached hydrogen (secondary N) is 2. The van der Waals surface area contributed by atoms with E-state index in [0.717, 1.165) is 11.1 Å². The molecule has 2 fully saturated rings. The highest BCUT2D eigenvalue weighted by molar-refractivity contribution is 5.72. The molecule has 2 aliphatic heterocycles. The van der Waals surface area contributed by atoms with Crippen LogP contribution in [0.2, 0.25) is 0 Å². The molecule has 0 bridgehead atoms. The van der Waals surface area contributed by atoms with Crippen LogP contribution in [0.1, 0.15) is 29.5 Å². The maximum absolute atomic E-state index is 12.1. The Balaban J connectivity index is 1.72. The molecule has 0 saturated carbocycles. The third kappa shape index (κ3) is 3.24. The van der Waals surface area contributed by atoms with Gasteiger partial charge in [0.15, 0.2) is 6.23 Å². The molecular formula is C19H19N3O5. The standard InChI is InChI=1S/C19H19N3O5/c1-26-14-7-3-4-11(9-14)15-10-16(23)27-19-17(15)18(20-21-19)12-5-2-6-13(8-12)22(24)25/h2-9,15,17-21H,10H2,1H3. The summed E-state index contributed by atoms with van der Waals surface area (Å²) in [4.78, 5) is 22.8. The minimum atomic E-state index is -0.508. The van der Waals surface area contributed by atoms with Gasteiger partial charge < -0.3 is 9.47 Å². The van der Waals surface area contributed by atoms with Crippen LogP contribution in [0.25, 0.3) is 0 Å². The van der Waals surface area contributed by atoms with Crippen LogP contribution in [0.3, 0.4) is 0 Å². The van der Waals surface area contributed by atoms with Gasteiger partial charge >= 0.3 is 5.97 Å². The van der Waals surface area contributed by atoms with Crippen LogP contribution in [0.15, 0.2) is 48.5 Å². The molecule has 8 heteroatoms. The molecule has 0 amide bonds. The number of methoxy groups -OCH3 is 1. The van der Waals surface area contributed by atoms with E-state index in [1.54, 1.807) is 19.2 Å². The van der Waals surface area contributed by atoms with Gasteiger partial charge in [0.25, 0.3) is 5.69 Å². The molecule has 0 aromatic heterocycles. The summed E-state index contributed by atoms with van der Waals surface area (Å²) in [6, 6.07) is 13.9. The highest BCUT2D eigenvalue weighted by Gasteiger charge is 2.48. The molecule has 8 nitrogen and oxygen atoms in total. The summed E-state index contributed by atoms with van der Waals surface area (Å²) in [7, 11) is 1.60. The van der Waals surface area contributed by atoms with Crippen molar-refractivity contribution in [3.8, 4) is 5.75 Å². The van der Waals surface area contributed by atoms with Gasteiger partial charge in [-0.25, -0.2) is 10.9 Å². The maximum atomic E-state index is 12.1. The Hall–Kier alpha value is -2.97. The van der Waals surface area contributed by atoms with Gasteiger partial charge in [-0.2, -0.15) is 0 Å². The van der Waals surface area contributed by atoms with E-state index in [0.29, 0.717) is 5.75 Å². The van der Waals surface area contributed by atoms with Crippen molar-refractivity contribution in [3.05, 3.63) is 69.8 Å². The van der Waals surface area contributed by atoms with Gasteiger partial charge in [-0.15, -0.1) is 0 Å². The fourth-order valence-electron chi connectivity index (χ4n) is 3.95. The van der Waals surface area contributed by atoms with Crippen LogP contribution < -0.4 is 15.6 Å². The molecule has 2 N–H and O–H groups in total. The number of hydrogen-bond donors (Lipinski definition) is 2. The van der Waals surface area contributed by atoms with E-state index < -0.39 is 11.2 Å². The van der Waals surface area contributed by atoms with E-state index in [2.05, 4.69) is 10.9 Å². The first-order chi connectivity index (χ1) is 13.1. The number of esters is 1. The molecule has 2 heterocycles. The second-order valence-electron chi connectivity index (χ2n) is 6.69. The predicted molar refractivity (Wildman–Crippen MR) is 95.8 cm³/mol. The number of hydrogen-bond acceptors (Lipinski definition) is 7. The van der Waals surface area contributed by atoms with Crippen molar-refractivity contribution in [2.45, 2.75) is 24.6 Å². The summed E-state index contributed by atoms with van der Waals surface area (Å²) >= 11 is 0. The van der Waals surface area contributed by atoms with E-state index in [4.69, 9.17) is 9.47 Å². The van der Waals surface area contributed by atoms with Crippen molar-refractivity contribution >= 4 is 11.7 Å². The lowest BCUT2D eigenvalue weighted by Crippen LogP contribution is -2.42. The number of benzene rings is 2. The van der Waals surface area contributed by atoms with Crippen LogP contribution in [0.5, 0.6) is 5.75 Å². The lowest BCUT2D eigenvalue weighted by atomic mass is 9.76. The fraction of sp³-hybridized carbons (Fsp3) is 0.316. The number of hydrazine groups is 1. The molecule has 2 aromatic rings. The largest absolute Gasteiger partial charge is 0.497 e. The molecule has 0 radical (unpaired) electrons. The van der Waals surface area contributed by atoms with E-state index >= 15 is 0 Å². The highest BCUT2D eigenvalue weighted by Crippen LogP contribution is 2.45. The van der Waals surface area contributed by atoms with E-state index in [-0.39, 0.29) is 36.0 Å². The van der Waals surface area contributed by atoms with E-state index in [9.17, 15) is 14.9 Å². The Bertz CT molecular complexity index is 887. The van der Waals surface area contributed by atoms with Crippen molar-refractivity contribution in [2.24, 2.45) is 5.92 Å². The molecule has 0 spiro atoms. The van der Waals surface area contributed by atoms with Crippen LogP contribution in [-0.2, 0) is 9.53 Å². The molecule has 4 rings (SSSR count). The zero-order chi connectivity index (χ0) is 19.0. The van der Waals surface area contributed by atoms with E-state index in [1.165, 1.54) is 6.07 Å². The fourth-order valence-corrected chi connectivity index (χ4v) is 3.95. The highest BCUT2D eigenvalue weighted by atomic mass is 16.6. The summed E-state index contributed by atoms with van der Waals surface area (Å²) in [6.45, 7) is 0. The lowest BCUT2D eigenvalue weighted by molar-refractivity contribution is -0.384. The first-order valence-corrected chi connectivity index (χ1v) is 8.65. The number of rotatable bonds is 4. The average molecular weight is 369 g/mol. The number of nitro groups is 1. The zero-order valence-corrected chi connectivity index (χ0v) is 14.6. The third-order valence-electron chi connectivity index (χ3n) is 5.19. The van der Waals surface area contributed by atoms with Gasteiger partial charge in [0.05, 0.1) is 24.5 Å². The smallest absolute Gasteiger partial charge is 0.308 e. The maximum Gasteiger partial charge on any atom is 0.308 e.